The minimum Gasteiger partial charge on any atom is -0.404 e. The molecular weight excluding hydrogens is 355 g/mol. The molecular formula is C18H17N2O5P. The lowest BCUT2D eigenvalue weighted by molar-refractivity contribution is 0.0933. The summed E-state index contributed by atoms with van der Waals surface area (Å²) in [6.07, 6.45) is 0.748. The lowest BCUT2D eigenvalue weighted by Crippen LogP contribution is -2.27. The third-order valence-corrected chi connectivity index (χ3v) is 4.99. The van der Waals surface area contributed by atoms with E-state index >= 15 is 0 Å². The fourth-order valence-corrected chi connectivity index (χ4v) is 3.86. The molecule has 26 heavy (non-hydrogen) atoms. The fourth-order valence-electron chi connectivity index (χ4n) is 3.47. The van der Waals surface area contributed by atoms with E-state index in [-0.39, 0.29) is 17.7 Å². The van der Waals surface area contributed by atoms with Crippen molar-refractivity contribution in [3.05, 3.63) is 53.7 Å². The van der Waals surface area contributed by atoms with Crippen LogP contribution in [0.15, 0.2) is 42.5 Å². The van der Waals surface area contributed by atoms with Gasteiger partial charge in [-0.2, -0.15) is 0 Å². The maximum atomic E-state index is 12.7. The molecule has 0 spiro atoms. The lowest BCUT2D eigenvalue weighted by Gasteiger charge is -2.17. The van der Waals surface area contributed by atoms with Crippen molar-refractivity contribution in [2.45, 2.75) is 19.4 Å². The molecule has 1 aliphatic rings. The summed E-state index contributed by atoms with van der Waals surface area (Å²) in [6.45, 7) is 2.01. The molecule has 2 aromatic carbocycles. The van der Waals surface area contributed by atoms with Gasteiger partial charge in [-0.25, -0.2) is 4.57 Å². The molecule has 0 radical (unpaired) electrons. The Kier molecular flexibility index (Phi) is 3.88. The van der Waals surface area contributed by atoms with Gasteiger partial charge < -0.3 is 14.8 Å². The Morgan fingerprint density at radius 1 is 1.19 bits per heavy atom. The van der Waals surface area contributed by atoms with Crippen LogP contribution in [0.4, 0.5) is 0 Å². The molecule has 8 heteroatoms. The highest BCUT2D eigenvalue weighted by Gasteiger charge is 2.29. The molecule has 2 heterocycles. The van der Waals surface area contributed by atoms with E-state index in [1.165, 1.54) is 6.07 Å². The van der Waals surface area contributed by atoms with Crippen LogP contribution in [0, 0.1) is 0 Å². The molecule has 0 aliphatic carbocycles. The average Bonchev–Trinajstić information content (AvgIpc) is 2.91. The molecule has 7 nitrogen and oxygen atoms in total. The van der Waals surface area contributed by atoms with Gasteiger partial charge in [0.1, 0.15) is 11.4 Å². The smallest absolute Gasteiger partial charge is 0.404 e. The Bertz CT molecular complexity index is 1070. The molecule has 3 aromatic rings. The summed E-state index contributed by atoms with van der Waals surface area (Å²) in [7, 11) is -4.67. The minimum absolute atomic E-state index is 0.0433. The minimum atomic E-state index is -4.67. The van der Waals surface area contributed by atoms with Gasteiger partial charge >= 0.3 is 7.82 Å². The van der Waals surface area contributed by atoms with Crippen molar-refractivity contribution in [1.29, 1.82) is 0 Å². The van der Waals surface area contributed by atoms with Crippen molar-refractivity contribution in [3.63, 3.8) is 0 Å². The van der Waals surface area contributed by atoms with Gasteiger partial charge in [-0.3, -0.25) is 14.6 Å². The summed E-state index contributed by atoms with van der Waals surface area (Å²) in [6, 6.07) is 12.3. The van der Waals surface area contributed by atoms with Crippen LogP contribution < -0.4 is 9.84 Å². The quantitative estimate of drug-likeness (QED) is 0.526. The van der Waals surface area contributed by atoms with Crippen molar-refractivity contribution in [2.24, 2.45) is 0 Å². The Labute approximate surface area is 149 Å². The summed E-state index contributed by atoms with van der Waals surface area (Å²) >= 11 is 0. The predicted octanol–water partition coefficient (Wildman–Crippen LogP) is 3.50. The van der Waals surface area contributed by atoms with Gasteiger partial charge in [-0.05, 0) is 35.7 Å². The molecule has 4 rings (SSSR count). The second-order valence-corrected chi connectivity index (χ2v) is 7.35. The standard InChI is InChI=1S/C18H17N2O5P/c1-2-14-11-5-3-4-6-12(11)16-13-9-10(25-26(22,23)24)7-8-15(13)19-17(16)18(21)20-14/h3-9,14,19H,2H2,1H3,(H,20,21)(H2,22,23,24). The molecule has 1 aliphatic heterocycles. The van der Waals surface area contributed by atoms with Crippen molar-refractivity contribution in [2.75, 3.05) is 0 Å². The van der Waals surface area contributed by atoms with E-state index in [0.29, 0.717) is 22.2 Å². The average molecular weight is 372 g/mol. The first-order valence-corrected chi connectivity index (χ1v) is 9.71. The maximum Gasteiger partial charge on any atom is 0.524 e. The maximum absolute atomic E-state index is 12.7. The van der Waals surface area contributed by atoms with Crippen molar-refractivity contribution in [3.8, 4) is 16.9 Å². The summed E-state index contributed by atoms with van der Waals surface area (Å²) in [5.41, 5.74) is 3.74. The van der Waals surface area contributed by atoms with Crippen LogP contribution in [0.5, 0.6) is 5.75 Å². The van der Waals surface area contributed by atoms with Crippen molar-refractivity contribution in [1.82, 2.24) is 10.3 Å². The third kappa shape index (κ3) is 2.80. The van der Waals surface area contributed by atoms with Gasteiger partial charge in [-0.15, -0.1) is 0 Å². The number of fused-ring (bicyclic) bond motifs is 5. The first-order chi connectivity index (χ1) is 12.4. The molecule has 0 saturated heterocycles. The Hall–Kier alpha value is -2.60. The van der Waals surface area contributed by atoms with Crippen molar-refractivity contribution < 1.29 is 23.7 Å². The van der Waals surface area contributed by atoms with E-state index in [0.717, 1.165) is 17.5 Å². The number of carbonyl (C=O) groups excluding carboxylic acids is 1. The van der Waals surface area contributed by atoms with E-state index in [9.17, 15) is 9.36 Å². The summed E-state index contributed by atoms with van der Waals surface area (Å²) in [5.74, 6) is -0.168. The summed E-state index contributed by atoms with van der Waals surface area (Å²) < 4.78 is 15.9. The first-order valence-electron chi connectivity index (χ1n) is 8.18. The lowest BCUT2D eigenvalue weighted by atomic mass is 9.93. The van der Waals surface area contributed by atoms with Crippen LogP contribution in [0.1, 0.15) is 35.4 Å². The number of nitrogens with one attached hydrogen (secondary N) is 2. The highest BCUT2D eigenvalue weighted by atomic mass is 31.2. The third-order valence-electron chi connectivity index (χ3n) is 4.54. The SMILES string of the molecule is CCC1NC(=O)c2[nH]c3ccc(OP(=O)(O)O)cc3c2-c2ccccc21. The van der Waals surface area contributed by atoms with Gasteiger partial charge in [0.2, 0.25) is 0 Å². The zero-order valence-electron chi connectivity index (χ0n) is 13.9. The van der Waals surface area contributed by atoms with E-state index < -0.39 is 7.82 Å². The van der Waals surface area contributed by atoms with Crippen LogP contribution in [0.3, 0.4) is 0 Å². The van der Waals surface area contributed by atoms with E-state index in [1.807, 2.05) is 31.2 Å². The molecule has 0 fully saturated rings. The fraction of sp³-hybridized carbons (Fsp3) is 0.167. The highest BCUT2D eigenvalue weighted by molar-refractivity contribution is 7.46. The number of hydrogen-bond acceptors (Lipinski definition) is 3. The van der Waals surface area contributed by atoms with Crippen LogP contribution in [0.2, 0.25) is 0 Å². The number of H-pyrrole nitrogens is 1. The van der Waals surface area contributed by atoms with Crippen LogP contribution in [-0.4, -0.2) is 20.7 Å². The first kappa shape index (κ1) is 16.8. The number of aromatic nitrogens is 1. The van der Waals surface area contributed by atoms with Gasteiger partial charge in [0.05, 0.1) is 6.04 Å². The zero-order chi connectivity index (χ0) is 18.5. The largest absolute Gasteiger partial charge is 0.524 e. The van der Waals surface area contributed by atoms with E-state index in [1.54, 1.807) is 12.1 Å². The zero-order valence-corrected chi connectivity index (χ0v) is 14.8. The number of carbonyl (C=O) groups is 1. The monoisotopic (exact) mass is 372 g/mol. The van der Waals surface area contributed by atoms with Crippen LogP contribution in [0.25, 0.3) is 22.0 Å². The second-order valence-electron chi connectivity index (χ2n) is 6.19. The number of benzene rings is 2. The molecule has 1 atom stereocenters. The summed E-state index contributed by atoms with van der Waals surface area (Å²) in [5, 5.41) is 3.70. The van der Waals surface area contributed by atoms with Gasteiger partial charge in [0.15, 0.2) is 0 Å². The van der Waals surface area contributed by atoms with E-state index in [4.69, 9.17) is 14.3 Å². The predicted molar refractivity (Wildman–Crippen MR) is 96.9 cm³/mol. The normalized spacial score (nSPS) is 16.6. The van der Waals surface area contributed by atoms with Gasteiger partial charge in [0, 0.05) is 16.5 Å². The van der Waals surface area contributed by atoms with Gasteiger partial charge in [0.25, 0.3) is 5.91 Å². The van der Waals surface area contributed by atoms with E-state index in [2.05, 4.69) is 10.3 Å². The molecule has 4 N–H and O–H groups in total. The Morgan fingerprint density at radius 2 is 1.96 bits per heavy atom. The number of aromatic amines is 1. The molecule has 1 unspecified atom stereocenters. The second kappa shape index (κ2) is 5.99. The van der Waals surface area contributed by atoms with Gasteiger partial charge in [-0.1, -0.05) is 31.2 Å². The number of amides is 1. The number of hydrogen-bond donors (Lipinski definition) is 4. The van der Waals surface area contributed by atoms with Crippen LogP contribution >= 0.6 is 7.82 Å². The molecule has 0 saturated carbocycles. The summed E-state index contributed by atoms with van der Waals surface area (Å²) in [4.78, 5) is 34.0. The number of phosphoric acid groups is 1. The highest BCUT2D eigenvalue weighted by Crippen LogP contribution is 2.43. The molecule has 1 aromatic heterocycles. The molecule has 134 valence electrons. The molecule has 0 bridgehead atoms. The Morgan fingerprint density at radius 3 is 2.69 bits per heavy atom. The topological polar surface area (TPSA) is 112 Å². The number of rotatable bonds is 3. The number of phosphoric ester groups is 1. The Balaban J connectivity index is 1.99. The molecule has 1 amide bonds. The van der Waals surface area contributed by atoms with Crippen molar-refractivity contribution >= 4 is 24.6 Å². The van der Waals surface area contributed by atoms with Crippen LogP contribution in [-0.2, 0) is 4.57 Å².